The van der Waals surface area contributed by atoms with E-state index >= 15 is 0 Å². The topological polar surface area (TPSA) is 248 Å². The molecular weight excluding hydrogens is 727 g/mol. The first-order valence-electron chi connectivity index (χ1n) is 16.5. The predicted molar refractivity (Wildman–Crippen MR) is 192 cm³/mol. The van der Waals surface area contributed by atoms with Crippen LogP contribution in [0.4, 0.5) is 5.13 Å². The highest BCUT2D eigenvalue weighted by molar-refractivity contribution is 8.00. The number of thiazole rings is 1. The van der Waals surface area contributed by atoms with E-state index in [-0.39, 0.29) is 46.8 Å². The highest BCUT2D eigenvalue weighted by Crippen LogP contribution is 2.45. The molecule has 5 heterocycles. The Balaban J connectivity index is 1.14. The Morgan fingerprint density at radius 2 is 1.96 bits per heavy atom. The lowest BCUT2D eigenvalue weighted by Crippen LogP contribution is -2.63. The van der Waals surface area contributed by atoms with Gasteiger partial charge in [-0.25, -0.2) is 19.0 Å². The van der Waals surface area contributed by atoms with E-state index in [1.54, 1.807) is 0 Å². The van der Waals surface area contributed by atoms with E-state index in [0.717, 1.165) is 28.3 Å². The molecular formula is C34H37N9O8S2. The van der Waals surface area contributed by atoms with E-state index in [2.05, 4.69) is 10.1 Å². The van der Waals surface area contributed by atoms with Gasteiger partial charge in [-0.2, -0.15) is 0 Å². The number of carboxylic acid groups (broad SMARTS) is 2. The van der Waals surface area contributed by atoms with E-state index in [9.17, 15) is 29.4 Å². The van der Waals surface area contributed by atoms with Crippen molar-refractivity contribution in [3.8, 4) is 5.75 Å². The van der Waals surface area contributed by atoms with Crippen molar-refractivity contribution in [3.63, 3.8) is 0 Å². The number of imidazole rings is 1. The number of ketones is 1. The van der Waals surface area contributed by atoms with Crippen LogP contribution in [0.25, 0.3) is 5.65 Å². The lowest BCUT2D eigenvalue weighted by Gasteiger charge is -2.50. The maximum Gasteiger partial charge on any atom is 0.350 e. The zero-order valence-electron chi connectivity index (χ0n) is 28.8. The minimum absolute atomic E-state index is 0.0711. The van der Waals surface area contributed by atoms with E-state index in [1.165, 1.54) is 35.9 Å². The van der Waals surface area contributed by atoms with Gasteiger partial charge in [-0.3, -0.25) is 19.9 Å². The van der Waals surface area contributed by atoms with Gasteiger partial charge in [0.15, 0.2) is 22.8 Å². The number of nitrogens with zero attached hydrogens (tertiary/aromatic N) is 6. The minimum Gasteiger partial charge on any atom is -0.543 e. The summed E-state index contributed by atoms with van der Waals surface area (Å²) in [7, 11) is 0. The quantitative estimate of drug-likeness (QED) is 0.0294. The first-order chi connectivity index (χ1) is 25.2. The molecule has 2 aliphatic rings. The number of aromatic nitrogens is 4. The maximum atomic E-state index is 13.5. The average Bonchev–Trinajstić information content (AvgIpc) is 3.84. The molecule has 53 heavy (non-hydrogen) atoms. The Morgan fingerprint density at radius 3 is 2.62 bits per heavy atom. The average molecular weight is 764 g/mol. The zero-order valence-corrected chi connectivity index (χ0v) is 30.4. The number of nitrogen functional groups attached to an aromatic ring is 1. The van der Waals surface area contributed by atoms with Crippen molar-refractivity contribution < 1.29 is 43.5 Å². The number of carbonyl (C=O) groups is 4. The molecule has 1 aromatic carbocycles. The summed E-state index contributed by atoms with van der Waals surface area (Å²) < 4.78 is 11.5. The number of thioether (sulfide) groups is 1. The highest BCUT2D eigenvalue weighted by Gasteiger charge is 2.53. The number of benzene rings is 1. The Morgan fingerprint density at radius 1 is 1.21 bits per heavy atom. The van der Waals surface area contributed by atoms with Gasteiger partial charge in [-0.05, 0) is 43.5 Å². The van der Waals surface area contributed by atoms with Gasteiger partial charge < -0.3 is 36.0 Å². The summed E-state index contributed by atoms with van der Waals surface area (Å²) in [6.07, 6.45) is 6.43. The molecule has 2 atom stereocenters. The minimum atomic E-state index is -1.76. The number of fused-ring (bicyclic) bond motifs is 2. The Hall–Kier alpha value is -5.69. The summed E-state index contributed by atoms with van der Waals surface area (Å²) in [5.74, 6) is -3.74. The number of carbonyl (C=O) groups excluding carboxylic acids is 3. The van der Waals surface area contributed by atoms with Gasteiger partial charge in [-0.15, -0.1) is 27.6 Å². The van der Waals surface area contributed by atoms with Crippen LogP contribution in [0.2, 0.25) is 0 Å². The molecule has 3 aromatic heterocycles. The fraction of sp³-hybridized carbons (Fsp3) is 0.353. The van der Waals surface area contributed by atoms with Gasteiger partial charge in [0.1, 0.15) is 24.2 Å². The lowest BCUT2D eigenvalue weighted by molar-refractivity contribution is -0.661. The Kier molecular flexibility index (Phi) is 10.6. The molecule has 1 amide bonds. The third kappa shape index (κ3) is 7.90. The zero-order chi connectivity index (χ0) is 38.0. The molecule has 0 spiro atoms. The van der Waals surface area contributed by atoms with Crippen molar-refractivity contribution in [2.75, 3.05) is 18.1 Å². The monoisotopic (exact) mass is 763 g/mol. The van der Waals surface area contributed by atoms with Crippen LogP contribution in [0.3, 0.4) is 0 Å². The number of β-lactam (4-membered cyclic amide) rings is 1. The molecule has 6 rings (SSSR count). The maximum absolute atomic E-state index is 13.5. The highest BCUT2D eigenvalue weighted by atomic mass is 32.2. The Labute approximate surface area is 310 Å². The number of nitrogens with one attached hydrogen (secondary N) is 1. The second-order valence-electron chi connectivity index (χ2n) is 13.0. The van der Waals surface area contributed by atoms with Crippen LogP contribution < -0.4 is 25.9 Å². The van der Waals surface area contributed by atoms with Gasteiger partial charge in [0.25, 0.3) is 0 Å². The fourth-order valence-electron chi connectivity index (χ4n) is 5.90. The number of nitrogens with two attached hydrogens (primary N) is 2. The number of ether oxygens (including phenoxy) is 1. The normalized spacial score (nSPS) is 17.4. The first-order valence-corrected chi connectivity index (χ1v) is 18.4. The van der Waals surface area contributed by atoms with E-state index in [1.807, 2.05) is 62.7 Å². The number of anilines is 1. The van der Waals surface area contributed by atoms with E-state index in [0.29, 0.717) is 31.6 Å². The van der Waals surface area contributed by atoms with Gasteiger partial charge in [-0.1, -0.05) is 17.3 Å². The lowest BCUT2D eigenvalue weighted by atomic mass is 9.89. The van der Waals surface area contributed by atoms with Crippen molar-refractivity contribution in [2.24, 2.45) is 16.8 Å². The number of amidine groups is 1. The van der Waals surface area contributed by atoms with Crippen LogP contribution in [0, 0.1) is 11.3 Å². The third-order valence-electron chi connectivity index (χ3n) is 8.74. The van der Waals surface area contributed by atoms with Crippen LogP contribution in [-0.4, -0.2) is 82.7 Å². The van der Waals surface area contributed by atoms with Gasteiger partial charge in [0, 0.05) is 24.0 Å². The second kappa shape index (κ2) is 15.1. The number of aliphatic carboxylic acids is 2. The molecule has 0 bridgehead atoms. The first kappa shape index (κ1) is 37.1. The molecule has 19 heteroatoms. The number of hydrogen-bond donors (Lipinski definition) is 4. The molecule has 0 radical (unpaired) electrons. The van der Waals surface area contributed by atoms with Crippen molar-refractivity contribution in [3.05, 3.63) is 76.8 Å². The van der Waals surface area contributed by atoms with Crippen LogP contribution >= 0.6 is 23.1 Å². The number of Topliss-reactive ketones (excluding diaryl/α,β-unsaturated/α-hetero) is 1. The van der Waals surface area contributed by atoms with E-state index < -0.39 is 40.5 Å². The smallest absolute Gasteiger partial charge is 0.350 e. The molecule has 17 nitrogen and oxygen atoms in total. The molecule has 6 N–H and O–H groups in total. The molecule has 1 saturated heterocycles. The number of rotatable bonds is 17. The summed E-state index contributed by atoms with van der Waals surface area (Å²) >= 11 is 2.39. The fourth-order valence-corrected chi connectivity index (χ4v) is 7.85. The van der Waals surface area contributed by atoms with Crippen molar-refractivity contribution >= 4 is 69.1 Å². The molecule has 1 fully saturated rings. The Bertz CT molecular complexity index is 2150. The third-order valence-corrected chi connectivity index (χ3v) is 10.8. The van der Waals surface area contributed by atoms with Gasteiger partial charge in [0.2, 0.25) is 11.5 Å². The van der Waals surface area contributed by atoms with Crippen LogP contribution in [0.15, 0.2) is 70.7 Å². The van der Waals surface area contributed by atoms with Gasteiger partial charge >= 0.3 is 11.6 Å². The van der Waals surface area contributed by atoms with Gasteiger partial charge in [0.05, 0.1) is 54.2 Å². The largest absolute Gasteiger partial charge is 0.543 e. The number of hydrogen-bond acceptors (Lipinski definition) is 13. The summed E-state index contributed by atoms with van der Waals surface area (Å²) in [5, 5.41) is 34.0. The molecule has 0 saturated carbocycles. The summed E-state index contributed by atoms with van der Waals surface area (Å²) in [6, 6.07) is 9.65. The molecule has 4 aromatic rings. The van der Waals surface area contributed by atoms with Crippen LogP contribution in [-0.2, 0) is 37.1 Å². The number of carboxylic acids is 2. The van der Waals surface area contributed by atoms with Crippen LogP contribution in [0.5, 0.6) is 5.75 Å². The van der Waals surface area contributed by atoms with Crippen molar-refractivity contribution in [1.29, 1.82) is 5.41 Å². The second-order valence-corrected chi connectivity index (χ2v) is 15.0. The summed E-state index contributed by atoms with van der Waals surface area (Å²) in [5.41, 5.74) is 11.3. The van der Waals surface area contributed by atoms with Crippen molar-refractivity contribution in [2.45, 2.75) is 57.2 Å². The van der Waals surface area contributed by atoms with Crippen molar-refractivity contribution in [1.82, 2.24) is 19.1 Å². The predicted octanol–water partition coefficient (Wildman–Crippen LogP) is 0.989. The van der Waals surface area contributed by atoms with E-state index in [4.69, 9.17) is 26.5 Å². The molecule has 278 valence electrons. The SMILES string of the molecule is CC(C)(O/N=C(\C(=O)C[C@@H]1C(=O)N2C(C(=O)[O-])=C(Cn3ccc4n3cc[n+]4Cc3ccc(OCCCC(=N)N)cc3)CS[C@H]12)c1csc(N)n1)C(=O)O. The van der Waals surface area contributed by atoms with Crippen LogP contribution in [0.1, 0.15) is 44.4 Å². The number of oxime groups is 1. The summed E-state index contributed by atoms with van der Waals surface area (Å²) in [4.78, 5) is 61.5. The molecule has 0 aliphatic carbocycles. The summed E-state index contributed by atoms with van der Waals surface area (Å²) in [6.45, 7) is 3.74. The number of amides is 1. The molecule has 0 unspecified atom stereocenters. The standard InChI is InChI=1S/C34H37N9O8S2/c1-34(2,32(48)49)51-39-27(23-18-53-33(37)38-23)24(44)14-22-29(45)43-28(31(46)47)20(17-52-30(22)43)16-41-10-9-26-40(11-12-42(26)41)15-19-5-7-21(8-6-19)50-13-3-4-25(35)36/h5-12,18,22,30H,3-4,13-17H2,1-2H3,(H6-,35,36,37,38,46,47,48,49)/b39-27-/t22-,30-/m1/s1. The molecule has 2 aliphatic heterocycles.